The van der Waals surface area contributed by atoms with E-state index in [4.69, 9.17) is 4.74 Å². The van der Waals surface area contributed by atoms with E-state index in [0.717, 1.165) is 24.4 Å². The van der Waals surface area contributed by atoms with Gasteiger partial charge in [0.15, 0.2) is 12.4 Å². The van der Waals surface area contributed by atoms with Gasteiger partial charge in [-0.05, 0) is 39.3 Å². The summed E-state index contributed by atoms with van der Waals surface area (Å²) in [7, 11) is 1.66. The van der Waals surface area contributed by atoms with Crippen molar-refractivity contribution in [3.05, 3.63) is 46.5 Å². The van der Waals surface area contributed by atoms with Crippen LogP contribution in [0.3, 0.4) is 0 Å². The third-order valence-corrected chi connectivity index (χ3v) is 4.28. The molecule has 0 atom stereocenters. The molecule has 0 unspecified atom stereocenters. The van der Waals surface area contributed by atoms with Gasteiger partial charge in [-0.1, -0.05) is 6.92 Å². The summed E-state index contributed by atoms with van der Waals surface area (Å²) in [6, 6.07) is 3.31. The van der Waals surface area contributed by atoms with E-state index in [9.17, 15) is 14.4 Å². The van der Waals surface area contributed by atoms with Crippen LogP contribution in [0.4, 0.5) is 0 Å². The van der Waals surface area contributed by atoms with Crippen LogP contribution in [0.2, 0.25) is 0 Å². The number of ether oxygens (including phenoxy) is 1. The average molecular weight is 344 g/mol. The number of ketones is 2. The van der Waals surface area contributed by atoms with Crippen LogP contribution < -0.4 is 0 Å². The van der Waals surface area contributed by atoms with E-state index in [2.05, 4.69) is 11.5 Å². The maximum Gasteiger partial charge on any atom is 0.355 e. The lowest BCUT2D eigenvalue weighted by atomic mass is 10.1. The molecule has 0 fully saturated rings. The molecule has 134 valence electrons. The molecule has 0 aromatic carbocycles. The predicted molar refractivity (Wildman–Crippen MR) is 94.2 cm³/mol. The van der Waals surface area contributed by atoms with E-state index in [1.807, 2.05) is 19.9 Å². The van der Waals surface area contributed by atoms with Gasteiger partial charge in [0, 0.05) is 42.3 Å². The van der Waals surface area contributed by atoms with Crippen LogP contribution in [0.5, 0.6) is 0 Å². The molecule has 0 N–H and O–H groups in total. The summed E-state index contributed by atoms with van der Waals surface area (Å²) in [5.74, 6) is -0.982. The second-order valence-electron chi connectivity index (χ2n) is 6.22. The van der Waals surface area contributed by atoms with Gasteiger partial charge in [-0.25, -0.2) is 4.79 Å². The summed E-state index contributed by atoms with van der Waals surface area (Å²) in [4.78, 5) is 36.0. The summed E-state index contributed by atoms with van der Waals surface area (Å²) >= 11 is 0. The standard InChI is InChI=1S/C19H24N2O4/c1-6-7-21-12(2)8-16(13(21)3)18(23)11-25-19(24)17-9-15(14(4)22)10-20(17)5/h8-10H,6-7,11H2,1-5H3. The first-order valence-corrected chi connectivity index (χ1v) is 8.30. The summed E-state index contributed by atoms with van der Waals surface area (Å²) in [5.41, 5.74) is 3.16. The quantitative estimate of drug-likeness (QED) is 0.572. The molecule has 0 aliphatic carbocycles. The molecule has 2 aromatic rings. The highest BCUT2D eigenvalue weighted by molar-refractivity contribution is 6.01. The Morgan fingerprint density at radius 3 is 2.40 bits per heavy atom. The van der Waals surface area contributed by atoms with Crippen molar-refractivity contribution in [2.24, 2.45) is 7.05 Å². The third-order valence-electron chi connectivity index (χ3n) is 4.28. The molecule has 0 saturated carbocycles. The molecule has 2 rings (SSSR count). The van der Waals surface area contributed by atoms with Crippen LogP contribution in [0.1, 0.15) is 62.9 Å². The molecule has 0 bridgehead atoms. The first-order chi connectivity index (χ1) is 11.8. The minimum absolute atomic E-state index is 0.130. The van der Waals surface area contributed by atoms with E-state index in [1.54, 1.807) is 13.2 Å². The van der Waals surface area contributed by atoms with Gasteiger partial charge in [-0.2, -0.15) is 0 Å². The number of carbonyl (C=O) groups is 3. The molecule has 6 nitrogen and oxygen atoms in total. The fraction of sp³-hybridized carbons (Fsp3) is 0.421. The summed E-state index contributed by atoms with van der Waals surface area (Å²) in [6.07, 6.45) is 2.55. The highest BCUT2D eigenvalue weighted by atomic mass is 16.5. The van der Waals surface area contributed by atoms with Crippen LogP contribution in [-0.4, -0.2) is 33.3 Å². The maximum absolute atomic E-state index is 12.4. The second-order valence-corrected chi connectivity index (χ2v) is 6.22. The highest BCUT2D eigenvalue weighted by Gasteiger charge is 2.19. The van der Waals surface area contributed by atoms with E-state index < -0.39 is 5.97 Å². The average Bonchev–Trinajstić information content (AvgIpc) is 3.08. The first kappa shape index (κ1) is 18.7. The van der Waals surface area contributed by atoms with Crippen molar-refractivity contribution in [1.29, 1.82) is 0 Å². The number of aromatic nitrogens is 2. The van der Waals surface area contributed by atoms with Crippen LogP contribution in [0, 0.1) is 13.8 Å². The number of nitrogens with zero attached hydrogens (tertiary/aromatic N) is 2. The predicted octanol–water partition coefficient (Wildman–Crippen LogP) is 3.10. The topological polar surface area (TPSA) is 70.3 Å². The Bertz CT molecular complexity index is 827. The molecule has 0 saturated heterocycles. The minimum atomic E-state index is -0.620. The number of carbonyl (C=O) groups excluding carboxylic acids is 3. The number of hydrogen-bond acceptors (Lipinski definition) is 4. The normalized spacial score (nSPS) is 10.8. The molecule has 2 aromatic heterocycles. The Morgan fingerprint density at radius 1 is 1.16 bits per heavy atom. The summed E-state index contributed by atoms with van der Waals surface area (Å²) < 4.78 is 8.77. The van der Waals surface area contributed by atoms with E-state index in [0.29, 0.717) is 11.1 Å². The Kier molecular flexibility index (Phi) is 5.62. The van der Waals surface area contributed by atoms with Crippen molar-refractivity contribution in [1.82, 2.24) is 9.13 Å². The zero-order chi connectivity index (χ0) is 18.7. The van der Waals surface area contributed by atoms with Gasteiger partial charge in [0.05, 0.1) is 0 Å². The van der Waals surface area contributed by atoms with Crippen molar-refractivity contribution in [2.45, 2.75) is 40.7 Å². The summed E-state index contributed by atoms with van der Waals surface area (Å²) in [6.45, 7) is 7.89. The van der Waals surface area contributed by atoms with E-state index >= 15 is 0 Å². The highest BCUT2D eigenvalue weighted by Crippen LogP contribution is 2.17. The van der Waals surface area contributed by atoms with Crippen molar-refractivity contribution in [3.8, 4) is 0 Å². The van der Waals surface area contributed by atoms with Crippen LogP contribution in [-0.2, 0) is 18.3 Å². The molecule has 0 aliphatic heterocycles. The Balaban J connectivity index is 2.08. The SMILES string of the molecule is CCCn1c(C)cc(C(=O)COC(=O)c2cc(C(C)=O)cn2C)c1C. The van der Waals surface area contributed by atoms with E-state index in [-0.39, 0.29) is 23.9 Å². The monoisotopic (exact) mass is 344 g/mol. The number of hydrogen-bond donors (Lipinski definition) is 0. The van der Waals surface area contributed by atoms with Crippen LogP contribution in [0.25, 0.3) is 0 Å². The molecule has 0 spiro atoms. The minimum Gasteiger partial charge on any atom is -0.453 e. The fourth-order valence-electron chi connectivity index (χ4n) is 2.89. The lowest BCUT2D eigenvalue weighted by Crippen LogP contribution is -2.16. The van der Waals surface area contributed by atoms with Crippen LogP contribution >= 0.6 is 0 Å². The smallest absolute Gasteiger partial charge is 0.355 e. The van der Waals surface area contributed by atoms with Gasteiger partial charge in [0.1, 0.15) is 5.69 Å². The maximum atomic E-state index is 12.4. The number of Topliss-reactive ketones (excluding diaryl/α,β-unsaturated/α-hetero) is 2. The zero-order valence-electron chi connectivity index (χ0n) is 15.4. The van der Waals surface area contributed by atoms with Crippen molar-refractivity contribution >= 4 is 17.5 Å². The molecule has 0 amide bonds. The summed E-state index contributed by atoms with van der Waals surface area (Å²) in [5, 5.41) is 0. The molecular formula is C19H24N2O4. The molecular weight excluding hydrogens is 320 g/mol. The Hall–Kier alpha value is -2.63. The zero-order valence-corrected chi connectivity index (χ0v) is 15.4. The molecule has 0 aliphatic rings. The lowest BCUT2D eigenvalue weighted by Gasteiger charge is -2.08. The fourth-order valence-corrected chi connectivity index (χ4v) is 2.89. The van der Waals surface area contributed by atoms with Gasteiger partial charge in [0.2, 0.25) is 5.78 Å². The van der Waals surface area contributed by atoms with Gasteiger partial charge in [0.25, 0.3) is 0 Å². The molecule has 2 heterocycles. The largest absolute Gasteiger partial charge is 0.453 e. The van der Waals surface area contributed by atoms with Crippen molar-refractivity contribution in [2.75, 3.05) is 6.61 Å². The molecule has 25 heavy (non-hydrogen) atoms. The Morgan fingerprint density at radius 2 is 1.84 bits per heavy atom. The van der Waals surface area contributed by atoms with Gasteiger partial charge in [-0.3, -0.25) is 9.59 Å². The Labute approximate surface area is 147 Å². The van der Waals surface area contributed by atoms with Gasteiger partial charge >= 0.3 is 5.97 Å². The number of aryl methyl sites for hydroxylation is 2. The number of esters is 1. The van der Waals surface area contributed by atoms with Crippen molar-refractivity contribution < 1.29 is 19.1 Å². The first-order valence-electron chi connectivity index (χ1n) is 8.30. The van der Waals surface area contributed by atoms with E-state index in [1.165, 1.54) is 17.6 Å². The van der Waals surface area contributed by atoms with Crippen LogP contribution in [0.15, 0.2) is 18.3 Å². The second kappa shape index (κ2) is 7.51. The molecule has 0 radical (unpaired) electrons. The molecule has 6 heteroatoms. The third kappa shape index (κ3) is 3.90. The van der Waals surface area contributed by atoms with Gasteiger partial charge in [-0.15, -0.1) is 0 Å². The number of rotatable bonds is 7. The van der Waals surface area contributed by atoms with Gasteiger partial charge < -0.3 is 13.9 Å². The lowest BCUT2D eigenvalue weighted by molar-refractivity contribution is 0.0465. The van der Waals surface area contributed by atoms with Crippen molar-refractivity contribution in [3.63, 3.8) is 0 Å².